The maximum atomic E-state index is 12.7. The summed E-state index contributed by atoms with van der Waals surface area (Å²) < 4.78 is 1.54. The Balaban J connectivity index is 0.000000234. The van der Waals surface area contributed by atoms with E-state index in [1.54, 1.807) is 61.1 Å². The standard InChI is InChI=1S/2C23H21N3O3S2/c2*1-25(22(27)20-12-14-21(15-13-20)26(28)29)24-23(30-16-18-8-4-2-5-9-18)31-17-19-10-6-3-7-11-19/h2*2-15H,16-17H2,1H3. The van der Waals surface area contributed by atoms with Gasteiger partial charge in [-0.05, 0) is 46.5 Å². The lowest BCUT2D eigenvalue weighted by atomic mass is 10.2. The van der Waals surface area contributed by atoms with Crippen molar-refractivity contribution in [3.63, 3.8) is 0 Å². The number of nitrogens with zero attached hydrogens (tertiary/aromatic N) is 6. The highest BCUT2D eigenvalue weighted by Gasteiger charge is 2.17. The van der Waals surface area contributed by atoms with Gasteiger partial charge in [0.25, 0.3) is 23.2 Å². The summed E-state index contributed by atoms with van der Waals surface area (Å²) in [6.45, 7) is 0. The number of carbonyl (C=O) groups is 2. The molecular formula is C46H42N6O6S4. The molecule has 0 bridgehead atoms. The van der Waals surface area contributed by atoms with Crippen LogP contribution in [0.2, 0.25) is 0 Å². The highest BCUT2D eigenvalue weighted by atomic mass is 32.2. The van der Waals surface area contributed by atoms with E-state index in [0.717, 1.165) is 31.8 Å². The van der Waals surface area contributed by atoms with E-state index in [2.05, 4.69) is 58.7 Å². The molecule has 16 heteroatoms. The number of nitro benzene ring substituents is 2. The molecule has 0 radical (unpaired) electrons. The number of amides is 2. The summed E-state index contributed by atoms with van der Waals surface area (Å²) in [5.41, 5.74) is 5.26. The lowest BCUT2D eigenvalue weighted by Crippen LogP contribution is -2.22. The quantitative estimate of drug-likeness (QED) is 0.0447. The van der Waals surface area contributed by atoms with E-state index in [9.17, 15) is 29.8 Å². The van der Waals surface area contributed by atoms with Crippen LogP contribution in [0.4, 0.5) is 11.4 Å². The van der Waals surface area contributed by atoms with Crippen LogP contribution in [0.3, 0.4) is 0 Å². The molecule has 0 spiro atoms. The normalized spacial score (nSPS) is 10.4. The lowest BCUT2D eigenvalue weighted by Gasteiger charge is -2.14. The first-order valence-electron chi connectivity index (χ1n) is 18.9. The number of hydrazone groups is 2. The van der Waals surface area contributed by atoms with Crippen LogP contribution in [0.25, 0.3) is 0 Å². The molecule has 0 aliphatic rings. The van der Waals surface area contributed by atoms with Gasteiger partial charge in [-0.15, -0.1) is 0 Å². The molecule has 0 saturated heterocycles. The molecule has 0 heterocycles. The summed E-state index contributed by atoms with van der Waals surface area (Å²) in [7, 11) is 3.19. The molecule has 0 fully saturated rings. The average Bonchev–Trinajstić information content (AvgIpc) is 3.31. The number of hydrogen-bond donors (Lipinski definition) is 0. The first kappa shape index (κ1) is 46.9. The molecular weight excluding hydrogens is 861 g/mol. The van der Waals surface area contributed by atoms with Gasteiger partial charge in [-0.2, -0.15) is 10.2 Å². The van der Waals surface area contributed by atoms with Gasteiger partial charge in [0.15, 0.2) is 8.75 Å². The van der Waals surface area contributed by atoms with Crippen LogP contribution >= 0.6 is 47.0 Å². The maximum Gasteiger partial charge on any atom is 0.273 e. The Hall–Kier alpha value is -6.20. The number of hydrogen-bond acceptors (Lipinski definition) is 12. The predicted molar refractivity (Wildman–Crippen MR) is 256 cm³/mol. The molecule has 12 nitrogen and oxygen atoms in total. The van der Waals surface area contributed by atoms with Gasteiger partial charge in [-0.1, -0.05) is 168 Å². The fourth-order valence-electron chi connectivity index (χ4n) is 5.24. The monoisotopic (exact) mass is 902 g/mol. The Labute approximate surface area is 377 Å². The lowest BCUT2D eigenvalue weighted by molar-refractivity contribution is -0.385. The van der Waals surface area contributed by atoms with Gasteiger partial charge in [-0.25, -0.2) is 10.0 Å². The van der Waals surface area contributed by atoms with Crippen LogP contribution in [-0.4, -0.2) is 54.5 Å². The number of nitro groups is 2. The smallest absolute Gasteiger partial charge is 0.267 e. The van der Waals surface area contributed by atoms with Crippen molar-refractivity contribution in [1.29, 1.82) is 0 Å². The Morgan fingerprint density at radius 1 is 0.435 bits per heavy atom. The third-order valence-corrected chi connectivity index (χ3v) is 13.2. The van der Waals surface area contributed by atoms with Crippen molar-refractivity contribution in [2.45, 2.75) is 23.0 Å². The summed E-state index contributed by atoms with van der Waals surface area (Å²) in [5.74, 6) is 2.30. The molecule has 0 saturated carbocycles. The van der Waals surface area contributed by atoms with Crippen LogP contribution < -0.4 is 0 Å². The van der Waals surface area contributed by atoms with E-state index in [4.69, 9.17) is 0 Å². The summed E-state index contributed by atoms with van der Waals surface area (Å²) in [6, 6.07) is 51.3. The summed E-state index contributed by atoms with van der Waals surface area (Å²) in [6.07, 6.45) is 0. The van der Waals surface area contributed by atoms with E-state index >= 15 is 0 Å². The van der Waals surface area contributed by atoms with E-state index < -0.39 is 9.85 Å². The minimum absolute atomic E-state index is 0.0553. The number of rotatable bonds is 14. The van der Waals surface area contributed by atoms with Gasteiger partial charge < -0.3 is 0 Å². The molecule has 6 rings (SSSR count). The summed E-state index contributed by atoms with van der Waals surface area (Å²) in [4.78, 5) is 46.1. The summed E-state index contributed by atoms with van der Waals surface area (Å²) >= 11 is 6.28. The molecule has 316 valence electrons. The van der Waals surface area contributed by atoms with Crippen LogP contribution in [0, 0.1) is 20.2 Å². The number of non-ortho nitro benzene ring substituents is 2. The topological polar surface area (TPSA) is 152 Å². The third kappa shape index (κ3) is 15.7. The average molecular weight is 903 g/mol. The third-order valence-electron chi connectivity index (χ3n) is 8.52. The SMILES string of the molecule is CN(N=C(SCc1ccccc1)SCc1ccccc1)C(=O)c1ccc([N+](=O)[O-])cc1.CN(N=C(SCc1ccccc1)SCc1ccccc1)C(=O)c1ccc([N+](=O)[O-])cc1. The fraction of sp³-hybridized carbons (Fsp3) is 0.130. The van der Waals surface area contributed by atoms with E-state index in [0.29, 0.717) is 11.1 Å². The number of thioether (sulfide) groups is 4. The largest absolute Gasteiger partial charge is 0.273 e. The highest BCUT2D eigenvalue weighted by Crippen LogP contribution is 2.27. The van der Waals surface area contributed by atoms with E-state index in [1.807, 2.05) is 72.8 Å². The second-order valence-corrected chi connectivity index (χ2v) is 17.5. The van der Waals surface area contributed by atoms with Crippen LogP contribution in [0.15, 0.2) is 180 Å². The molecule has 0 aliphatic carbocycles. The molecule has 62 heavy (non-hydrogen) atoms. The zero-order chi connectivity index (χ0) is 44.1. The molecule has 2 amide bonds. The van der Waals surface area contributed by atoms with Crippen molar-refractivity contribution in [2.75, 3.05) is 14.1 Å². The first-order valence-corrected chi connectivity index (χ1v) is 22.9. The second kappa shape index (κ2) is 24.9. The Bertz CT molecular complexity index is 2170. The van der Waals surface area contributed by atoms with Gasteiger partial charge in [0.1, 0.15) is 0 Å². The van der Waals surface area contributed by atoms with E-state index in [-0.39, 0.29) is 23.2 Å². The van der Waals surface area contributed by atoms with Gasteiger partial charge in [0.2, 0.25) is 0 Å². The zero-order valence-corrected chi connectivity index (χ0v) is 37.0. The van der Waals surface area contributed by atoms with Crippen LogP contribution in [0.1, 0.15) is 43.0 Å². The van der Waals surface area contributed by atoms with Gasteiger partial charge in [0.05, 0.1) is 9.85 Å². The van der Waals surface area contributed by atoms with Crippen molar-refractivity contribution in [1.82, 2.24) is 10.0 Å². The van der Waals surface area contributed by atoms with Crippen LogP contribution in [-0.2, 0) is 23.0 Å². The van der Waals surface area contributed by atoms with Crippen molar-refractivity contribution in [3.05, 3.63) is 223 Å². The second-order valence-electron chi connectivity index (χ2n) is 13.1. The summed E-state index contributed by atoms with van der Waals surface area (Å²) in [5, 5.41) is 33.3. The fourth-order valence-corrected chi connectivity index (χ4v) is 9.26. The van der Waals surface area contributed by atoms with Gasteiger partial charge in [-0.3, -0.25) is 29.8 Å². The number of carbonyl (C=O) groups excluding carboxylic acids is 2. The molecule has 6 aromatic carbocycles. The molecule has 0 aliphatic heterocycles. The maximum absolute atomic E-state index is 12.7. The molecule has 0 unspecified atom stereocenters. The molecule has 6 aromatic rings. The molecule has 0 aromatic heterocycles. The molecule has 0 N–H and O–H groups in total. The predicted octanol–water partition coefficient (Wildman–Crippen LogP) is 11.6. The highest BCUT2D eigenvalue weighted by molar-refractivity contribution is 8.38. The van der Waals surface area contributed by atoms with Crippen molar-refractivity contribution in [3.8, 4) is 0 Å². The minimum atomic E-state index is -0.491. The Morgan fingerprint density at radius 3 is 0.903 bits per heavy atom. The first-order chi connectivity index (χ1) is 30.0. The zero-order valence-electron chi connectivity index (χ0n) is 33.8. The molecule has 0 atom stereocenters. The minimum Gasteiger partial charge on any atom is -0.267 e. The van der Waals surface area contributed by atoms with Gasteiger partial charge >= 0.3 is 0 Å². The van der Waals surface area contributed by atoms with Crippen molar-refractivity contribution >= 4 is 79.0 Å². The van der Waals surface area contributed by atoms with E-state index in [1.165, 1.54) is 80.8 Å². The Kier molecular flexibility index (Phi) is 18.8. The number of benzene rings is 6. The van der Waals surface area contributed by atoms with Crippen LogP contribution in [0.5, 0.6) is 0 Å². The van der Waals surface area contributed by atoms with Crippen molar-refractivity contribution in [2.24, 2.45) is 10.2 Å². The van der Waals surface area contributed by atoms with Gasteiger partial charge in [0, 0.05) is 72.5 Å². The van der Waals surface area contributed by atoms with Crippen molar-refractivity contribution < 1.29 is 19.4 Å². The Morgan fingerprint density at radius 2 is 0.677 bits per heavy atom.